The first-order valence-electron chi connectivity index (χ1n) is 6.71. The van der Waals surface area contributed by atoms with Gasteiger partial charge in [0.25, 0.3) is 0 Å². The van der Waals surface area contributed by atoms with Gasteiger partial charge in [0.2, 0.25) is 5.95 Å². The summed E-state index contributed by atoms with van der Waals surface area (Å²) in [4.78, 5) is 17.9. The highest BCUT2D eigenvalue weighted by Crippen LogP contribution is 2.35. The molecule has 0 radical (unpaired) electrons. The maximum atomic E-state index is 5.83. The molecule has 0 unspecified atom stereocenters. The lowest BCUT2D eigenvalue weighted by Gasteiger charge is -2.32. The molecular formula is C13H19N7. The molecule has 7 heteroatoms. The van der Waals surface area contributed by atoms with Crippen LogP contribution in [-0.4, -0.2) is 33.0 Å². The maximum Gasteiger partial charge on any atom is 0.222 e. The molecule has 5 N–H and O–H groups in total. The summed E-state index contributed by atoms with van der Waals surface area (Å²) in [6, 6.07) is 2.29. The predicted octanol–water partition coefficient (Wildman–Crippen LogP) is 0.623. The minimum absolute atomic E-state index is 0.292. The first kappa shape index (κ1) is 12.9. The molecule has 1 aliphatic carbocycles. The molecule has 0 aromatic carbocycles. The SMILES string of the molecule is CN(Cc1ncc[nH]1)c1cc(C2CC(N)C2)nc(N)n1. The highest BCUT2D eigenvalue weighted by Gasteiger charge is 2.29. The molecule has 0 atom stereocenters. The van der Waals surface area contributed by atoms with Crippen LogP contribution >= 0.6 is 0 Å². The number of rotatable bonds is 4. The molecule has 0 spiro atoms. The first-order valence-corrected chi connectivity index (χ1v) is 6.71. The number of anilines is 2. The van der Waals surface area contributed by atoms with Crippen LogP contribution in [0.5, 0.6) is 0 Å². The van der Waals surface area contributed by atoms with Gasteiger partial charge in [-0.15, -0.1) is 0 Å². The van der Waals surface area contributed by atoms with Gasteiger partial charge in [0.15, 0.2) is 0 Å². The highest BCUT2D eigenvalue weighted by molar-refractivity contribution is 5.44. The molecule has 1 saturated carbocycles. The average Bonchev–Trinajstić information content (AvgIpc) is 2.87. The Hall–Kier alpha value is -2.15. The smallest absolute Gasteiger partial charge is 0.222 e. The summed E-state index contributed by atoms with van der Waals surface area (Å²) < 4.78 is 0. The van der Waals surface area contributed by atoms with E-state index in [4.69, 9.17) is 11.5 Å². The Morgan fingerprint density at radius 2 is 2.20 bits per heavy atom. The van der Waals surface area contributed by atoms with Gasteiger partial charge in [-0.05, 0) is 12.8 Å². The summed E-state index contributed by atoms with van der Waals surface area (Å²) in [5.74, 6) is 2.41. The van der Waals surface area contributed by atoms with Crippen molar-refractivity contribution >= 4 is 11.8 Å². The number of imidazole rings is 1. The third kappa shape index (κ3) is 2.57. The topological polar surface area (TPSA) is 110 Å². The van der Waals surface area contributed by atoms with Crippen molar-refractivity contribution in [1.82, 2.24) is 19.9 Å². The van der Waals surface area contributed by atoms with Crippen molar-refractivity contribution in [2.24, 2.45) is 5.73 Å². The molecule has 106 valence electrons. The van der Waals surface area contributed by atoms with Gasteiger partial charge in [-0.2, -0.15) is 4.98 Å². The number of aromatic nitrogens is 4. The summed E-state index contributed by atoms with van der Waals surface area (Å²) in [5.41, 5.74) is 12.6. The second-order valence-corrected chi connectivity index (χ2v) is 5.33. The monoisotopic (exact) mass is 273 g/mol. The fourth-order valence-corrected chi connectivity index (χ4v) is 2.47. The lowest BCUT2D eigenvalue weighted by Crippen LogP contribution is -2.35. The van der Waals surface area contributed by atoms with Crippen LogP contribution in [0.2, 0.25) is 0 Å². The fraction of sp³-hybridized carbons (Fsp3) is 0.462. The van der Waals surface area contributed by atoms with E-state index in [1.807, 2.05) is 18.0 Å². The number of nitrogens with two attached hydrogens (primary N) is 2. The molecule has 2 aromatic rings. The minimum Gasteiger partial charge on any atom is -0.368 e. The average molecular weight is 273 g/mol. The summed E-state index contributed by atoms with van der Waals surface area (Å²) in [5, 5.41) is 0. The lowest BCUT2D eigenvalue weighted by atomic mass is 9.78. The zero-order valence-corrected chi connectivity index (χ0v) is 11.5. The molecule has 2 heterocycles. The Balaban J connectivity index is 1.78. The standard InChI is InChI=1S/C13H19N7/c1-20(7-11-16-2-3-17-11)12-6-10(18-13(15)19-12)8-4-9(14)5-8/h2-3,6,8-9H,4-5,7,14H2,1H3,(H,16,17)(H2,15,18,19). The van der Waals surface area contributed by atoms with Crippen LogP contribution in [0, 0.1) is 0 Å². The molecule has 20 heavy (non-hydrogen) atoms. The Morgan fingerprint density at radius 1 is 1.40 bits per heavy atom. The third-order valence-electron chi connectivity index (χ3n) is 3.68. The van der Waals surface area contributed by atoms with E-state index in [9.17, 15) is 0 Å². The van der Waals surface area contributed by atoms with Crippen LogP contribution in [0.15, 0.2) is 18.5 Å². The van der Waals surface area contributed by atoms with E-state index >= 15 is 0 Å². The van der Waals surface area contributed by atoms with Gasteiger partial charge in [0.1, 0.15) is 11.6 Å². The van der Waals surface area contributed by atoms with E-state index in [1.54, 1.807) is 12.4 Å². The molecule has 0 saturated heterocycles. The van der Waals surface area contributed by atoms with Crippen molar-refractivity contribution < 1.29 is 0 Å². The Kier molecular flexibility index (Phi) is 3.27. The third-order valence-corrected chi connectivity index (χ3v) is 3.68. The van der Waals surface area contributed by atoms with Crippen LogP contribution in [0.1, 0.15) is 30.3 Å². The van der Waals surface area contributed by atoms with Gasteiger partial charge in [-0.1, -0.05) is 0 Å². The maximum absolute atomic E-state index is 5.83. The second kappa shape index (κ2) is 5.09. The minimum atomic E-state index is 0.292. The van der Waals surface area contributed by atoms with E-state index in [-0.39, 0.29) is 0 Å². The Morgan fingerprint density at radius 3 is 2.85 bits per heavy atom. The Bertz CT molecular complexity index is 574. The molecule has 1 fully saturated rings. The van der Waals surface area contributed by atoms with Crippen LogP contribution in [0.3, 0.4) is 0 Å². The van der Waals surface area contributed by atoms with Crippen molar-refractivity contribution in [1.29, 1.82) is 0 Å². The Labute approximate surface area is 117 Å². The van der Waals surface area contributed by atoms with Crippen LogP contribution in [0.25, 0.3) is 0 Å². The van der Waals surface area contributed by atoms with Crippen molar-refractivity contribution in [3.05, 3.63) is 30.0 Å². The number of H-pyrrole nitrogens is 1. The normalized spacial score (nSPS) is 21.5. The first-order chi connectivity index (χ1) is 9.61. The lowest BCUT2D eigenvalue weighted by molar-refractivity contribution is 0.345. The largest absolute Gasteiger partial charge is 0.368 e. The van der Waals surface area contributed by atoms with Gasteiger partial charge < -0.3 is 21.4 Å². The summed E-state index contributed by atoms with van der Waals surface area (Å²) in [7, 11) is 1.96. The van der Waals surface area contributed by atoms with Crippen molar-refractivity contribution in [2.75, 3.05) is 17.7 Å². The van der Waals surface area contributed by atoms with Gasteiger partial charge in [0.05, 0.1) is 12.2 Å². The van der Waals surface area contributed by atoms with E-state index < -0.39 is 0 Å². The quantitative estimate of drug-likeness (QED) is 0.753. The van der Waals surface area contributed by atoms with Gasteiger partial charge in [-0.25, -0.2) is 9.97 Å². The number of nitrogens with one attached hydrogen (secondary N) is 1. The molecule has 7 nitrogen and oxygen atoms in total. The predicted molar refractivity (Wildman–Crippen MR) is 77.1 cm³/mol. The number of nitrogen functional groups attached to an aromatic ring is 1. The molecular weight excluding hydrogens is 254 g/mol. The summed E-state index contributed by atoms with van der Waals surface area (Å²) >= 11 is 0. The number of nitrogens with zero attached hydrogens (tertiary/aromatic N) is 4. The zero-order chi connectivity index (χ0) is 14.1. The van der Waals surface area contributed by atoms with Gasteiger partial charge >= 0.3 is 0 Å². The van der Waals surface area contributed by atoms with E-state index in [0.29, 0.717) is 24.5 Å². The molecule has 1 aliphatic rings. The van der Waals surface area contributed by atoms with Crippen molar-refractivity contribution in [3.8, 4) is 0 Å². The molecule has 0 aliphatic heterocycles. The summed E-state index contributed by atoms with van der Waals surface area (Å²) in [6.07, 6.45) is 5.48. The zero-order valence-electron chi connectivity index (χ0n) is 11.5. The highest BCUT2D eigenvalue weighted by atomic mass is 15.2. The number of hydrogen-bond acceptors (Lipinski definition) is 6. The van der Waals surface area contributed by atoms with Crippen LogP contribution < -0.4 is 16.4 Å². The van der Waals surface area contributed by atoms with E-state index in [0.717, 1.165) is 30.2 Å². The van der Waals surface area contributed by atoms with Crippen molar-refractivity contribution in [2.45, 2.75) is 31.3 Å². The molecule has 3 rings (SSSR count). The molecule has 0 bridgehead atoms. The van der Waals surface area contributed by atoms with Crippen LogP contribution in [-0.2, 0) is 6.54 Å². The number of hydrogen-bond donors (Lipinski definition) is 3. The fourth-order valence-electron chi connectivity index (χ4n) is 2.47. The van der Waals surface area contributed by atoms with Gasteiger partial charge in [0, 0.05) is 37.5 Å². The van der Waals surface area contributed by atoms with E-state index in [2.05, 4.69) is 19.9 Å². The van der Waals surface area contributed by atoms with E-state index in [1.165, 1.54) is 0 Å². The summed E-state index contributed by atoms with van der Waals surface area (Å²) in [6.45, 7) is 0.646. The molecule has 0 amide bonds. The van der Waals surface area contributed by atoms with Crippen LogP contribution in [0.4, 0.5) is 11.8 Å². The molecule has 2 aromatic heterocycles. The second-order valence-electron chi connectivity index (χ2n) is 5.33. The van der Waals surface area contributed by atoms with Gasteiger partial charge in [-0.3, -0.25) is 0 Å². The van der Waals surface area contributed by atoms with Crippen molar-refractivity contribution in [3.63, 3.8) is 0 Å². The number of aromatic amines is 1.